The van der Waals surface area contributed by atoms with Crippen molar-refractivity contribution in [2.24, 2.45) is 0 Å². The third-order valence-electron chi connectivity index (χ3n) is 2.97. The number of aromatic nitrogens is 1. The number of anilines is 1. The van der Waals surface area contributed by atoms with Crippen LogP contribution in [0.2, 0.25) is 0 Å². The lowest BCUT2D eigenvalue weighted by atomic mass is 10.2. The summed E-state index contributed by atoms with van der Waals surface area (Å²) in [5, 5.41) is 3.19. The second kappa shape index (κ2) is 9.95. The Balaban J connectivity index is 2.66. The summed E-state index contributed by atoms with van der Waals surface area (Å²) in [5.74, 6) is 0.0943. The lowest BCUT2D eigenvalue weighted by Gasteiger charge is -2.18. The van der Waals surface area contributed by atoms with Crippen molar-refractivity contribution in [2.45, 2.75) is 32.1 Å². The first-order valence-corrected chi connectivity index (χ1v) is 10.4. The van der Waals surface area contributed by atoms with Crippen LogP contribution >= 0.6 is 15.9 Å². The maximum Gasteiger partial charge on any atom is 0.332 e. The molecule has 0 fully saturated rings. The summed E-state index contributed by atoms with van der Waals surface area (Å²) in [4.78, 5) is 15.5. The molecular weight excluding hydrogens is 400 g/mol. The monoisotopic (exact) mass is 422 g/mol. The Kier molecular flexibility index (Phi) is 8.65. The molecular formula is C15H23BrN2O5S. The van der Waals surface area contributed by atoms with E-state index in [2.05, 4.69) is 26.2 Å². The zero-order valence-electron chi connectivity index (χ0n) is 14.0. The first kappa shape index (κ1) is 20.9. The van der Waals surface area contributed by atoms with Crippen molar-refractivity contribution >= 4 is 37.6 Å². The molecule has 0 aliphatic carbocycles. The fourth-order valence-corrected chi connectivity index (χ4v) is 3.23. The lowest BCUT2D eigenvalue weighted by Crippen LogP contribution is -2.27. The number of carbonyl (C=O) groups excluding carboxylic acids is 1. The van der Waals surface area contributed by atoms with Gasteiger partial charge in [0.2, 0.25) is 0 Å². The molecule has 0 spiro atoms. The average Bonchev–Trinajstić information content (AvgIpc) is 2.44. The number of nitrogens with one attached hydrogen (secondary N) is 1. The number of nitrogens with zero attached hydrogens (tertiary/aromatic N) is 1. The summed E-state index contributed by atoms with van der Waals surface area (Å²) in [7, 11) is -3.13. The lowest BCUT2D eigenvalue weighted by molar-refractivity contribution is -0.148. The van der Waals surface area contributed by atoms with Crippen LogP contribution in [0.1, 0.15) is 25.8 Å². The van der Waals surface area contributed by atoms with E-state index >= 15 is 0 Å². The zero-order valence-corrected chi connectivity index (χ0v) is 16.4. The number of pyridine rings is 1. The maximum atomic E-state index is 11.4. The number of hydrogen-bond acceptors (Lipinski definition) is 7. The van der Waals surface area contributed by atoms with E-state index in [9.17, 15) is 13.2 Å². The van der Waals surface area contributed by atoms with Crippen LogP contribution in [0.5, 0.6) is 0 Å². The summed E-state index contributed by atoms with van der Waals surface area (Å²) < 4.78 is 33.6. The Bertz CT molecular complexity index is 651. The molecule has 0 radical (unpaired) electrons. The maximum absolute atomic E-state index is 11.4. The minimum Gasteiger partial charge on any atom is -0.464 e. The molecule has 0 aromatic carbocycles. The highest BCUT2D eigenvalue weighted by atomic mass is 79.9. The number of halogens is 1. The summed E-state index contributed by atoms with van der Waals surface area (Å²) in [6.45, 7) is 4.24. The van der Waals surface area contributed by atoms with Gasteiger partial charge in [-0.1, -0.05) is 6.92 Å². The Hall–Kier alpha value is -1.19. The van der Waals surface area contributed by atoms with Crippen molar-refractivity contribution in [1.29, 1.82) is 0 Å². The Morgan fingerprint density at radius 1 is 1.38 bits per heavy atom. The highest BCUT2D eigenvalue weighted by Crippen LogP contribution is 2.18. The van der Waals surface area contributed by atoms with Gasteiger partial charge in [-0.3, -0.25) is 0 Å². The molecule has 24 heavy (non-hydrogen) atoms. The zero-order chi connectivity index (χ0) is 18.2. The van der Waals surface area contributed by atoms with E-state index < -0.39 is 15.8 Å². The van der Waals surface area contributed by atoms with E-state index in [0.29, 0.717) is 29.2 Å². The van der Waals surface area contributed by atoms with Crippen molar-refractivity contribution in [3.63, 3.8) is 0 Å². The third kappa shape index (κ3) is 8.60. The first-order valence-electron chi connectivity index (χ1n) is 7.57. The SMILES string of the molecule is CCOC(=O)COC[C@H](CC)Nc1cc(CS(C)(=O)=O)cc(Br)n1. The molecule has 0 saturated carbocycles. The van der Waals surface area contributed by atoms with Crippen LogP contribution in [0.25, 0.3) is 0 Å². The Labute approximate surface area is 151 Å². The highest BCUT2D eigenvalue weighted by molar-refractivity contribution is 9.10. The van der Waals surface area contributed by atoms with Gasteiger partial charge in [-0.05, 0) is 47.0 Å². The molecule has 9 heteroatoms. The molecule has 7 nitrogen and oxygen atoms in total. The van der Waals surface area contributed by atoms with Crippen LogP contribution in [-0.2, 0) is 29.9 Å². The summed E-state index contributed by atoms with van der Waals surface area (Å²) in [6, 6.07) is 3.30. The van der Waals surface area contributed by atoms with Gasteiger partial charge in [0.25, 0.3) is 0 Å². The summed E-state index contributed by atoms with van der Waals surface area (Å²) >= 11 is 3.28. The van der Waals surface area contributed by atoms with Gasteiger partial charge in [-0.2, -0.15) is 0 Å². The van der Waals surface area contributed by atoms with E-state index in [1.165, 1.54) is 6.26 Å². The van der Waals surface area contributed by atoms with Crippen LogP contribution in [-0.4, -0.2) is 51.5 Å². The topological polar surface area (TPSA) is 94.6 Å². The number of esters is 1. The molecule has 136 valence electrons. The molecule has 0 bridgehead atoms. The smallest absolute Gasteiger partial charge is 0.332 e. The third-order valence-corrected chi connectivity index (χ3v) is 4.24. The summed E-state index contributed by atoms with van der Waals surface area (Å²) in [5.41, 5.74) is 0.643. The van der Waals surface area contributed by atoms with Crippen LogP contribution in [0.4, 0.5) is 5.82 Å². The van der Waals surface area contributed by atoms with Crippen molar-refractivity contribution in [3.05, 3.63) is 22.3 Å². The van der Waals surface area contributed by atoms with Gasteiger partial charge in [0.15, 0.2) is 9.84 Å². The number of ether oxygens (including phenoxy) is 2. The van der Waals surface area contributed by atoms with E-state index in [1.54, 1.807) is 19.1 Å². The molecule has 0 aliphatic heterocycles. The number of hydrogen-bond donors (Lipinski definition) is 1. The van der Waals surface area contributed by atoms with Gasteiger partial charge in [0.1, 0.15) is 17.0 Å². The second-order valence-corrected chi connectivity index (χ2v) is 8.28. The number of sulfone groups is 1. The molecule has 1 aromatic heterocycles. The molecule has 1 heterocycles. The average molecular weight is 423 g/mol. The van der Waals surface area contributed by atoms with Gasteiger partial charge >= 0.3 is 5.97 Å². The minimum atomic E-state index is -3.13. The van der Waals surface area contributed by atoms with Crippen LogP contribution in [0, 0.1) is 0 Å². The minimum absolute atomic E-state index is 0.0566. The molecule has 1 N–H and O–H groups in total. The molecule has 0 saturated heterocycles. The van der Waals surface area contributed by atoms with E-state index in [-0.39, 0.29) is 18.4 Å². The fourth-order valence-electron chi connectivity index (χ4n) is 1.97. The quantitative estimate of drug-likeness (QED) is 0.455. The molecule has 0 amide bonds. The van der Waals surface area contributed by atoms with Gasteiger partial charge in [0, 0.05) is 6.26 Å². The normalized spacial score (nSPS) is 12.7. The van der Waals surface area contributed by atoms with Gasteiger partial charge in [-0.25, -0.2) is 18.2 Å². The molecule has 1 atom stereocenters. The standard InChI is InChI=1S/C15H23BrN2O5S/c1-4-12(8-22-9-15(19)23-5-2)17-14-7-11(6-13(16)18-14)10-24(3,20)21/h6-7,12H,4-5,8-10H2,1-3H3,(H,17,18)/t12-/m0/s1. The van der Waals surface area contributed by atoms with E-state index in [0.717, 1.165) is 6.42 Å². The van der Waals surface area contributed by atoms with E-state index in [4.69, 9.17) is 9.47 Å². The number of carbonyl (C=O) groups is 1. The fraction of sp³-hybridized carbons (Fsp3) is 0.600. The van der Waals surface area contributed by atoms with Crippen LogP contribution < -0.4 is 5.32 Å². The second-order valence-electron chi connectivity index (χ2n) is 5.32. The molecule has 0 unspecified atom stereocenters. The van der Waals surface area contributed by atoms with Gasteiger partial charge in [-0.15, -0.1) is 0 Å². The predicted octanol–water partition coefficient (Wildman–Crippen LogP) is 2.16. The molecule has 1 rings (SSSR count). The highest BCUT2D eigenvalue weighted by Gasteiger charge is 2.12. The van der Waals surface area contributed by atoms with Crippen LogP contribution in [0.15, 0.2) is 16.7 Å². The van der Waals surface area contributed by atoms with Crippen molar-refractivity contribution in [3.8, 4) is 0 Å². The molecule has 1 aromatic rings. The van der Waals surface area contributed by atoms with Crippen molar-refractivity contribution in [1.82, 2.24) is 4.98 Å². The van der Waals surface area contributed by atoms with E-state index in [1.807, 2.05) is 6.92 Å². The Morgan fingerprint density at radius 3 is 2.67 bits per heavy atom. The van der Waals surface area contributed by atoms with Gasteiger partial charge in [0.05, 0.1) is 25.0 Å². The van der Waals surface area contributed by atoms with Crippen LogP contribution in [0.3, 0.4) is 0 Å². The molecule has 0 aliphatic rings. The van der Waals surface area contributed by atoms with Gasteiger partial charge < -0.3 is 14.8 Å². The Morgan fingerprint density at radius 2 is 2.08 bits per heavy atom. The first-order chi connectivity index (χ1) is 11.2. The largest absolute Gasteiger partial charge is 0.464 e. The predicted molar refractivity (Wildman–Crippen MR) is 95.6 cm³/mol. The summed E-state index contributed by atoms with van der Waals surface area (Å²) in [6.07, 6.45) is 1.94. The van der Waals surface area contributed by atoms with Crippen molar-refractivity contribution < 1.29 is 22.7 Å². The number of rotatable bonds is 10. The van der Waals surface area contributed by atoms with Crippen molar-refractivity contribution in [2.75, 3.05) is 31.4 Å².